The summed E-state index contributed by atoms with van der Waals surface area (Å²) in [6.45, 7) is 5.39. The van der Waals surface area contributed by atoms with Gasteiger partial charge in [0.2, 0.25) is 0 Å². The summed E-state index contributed by atoms with van der Waals surface area (Å²) in [6, 6.07) is 9.13. The van der Waals surface area contributed by atoms with E-state index >= 15 is 0 Å². The number of rotatable bonds is 2. The number of carbonyl (C=O) groups is 2. The predicted molar refractivity (Wildman–Crippen MR) is 118 cm³/mol. The van der Waals surface area contributed by atoms with Gasteiger partial charge in [0.25, 0.3) is 0 Å². The van der Waals surface area contributed by atoms with Crippen molar-refractivity contribution >= 4 is 23.0 Å². The Morgan fingerprint density at radius 3 is 2.47 bits per heavy atom. The van der Waals surface area contributed by atoms with Crippen LogP contribution in [-0.2, 0) is 20.7 Å². The lowest BCUT2D eigenvalue weighted by molar-refractivity contribution is -0.143. The first-order valence-corrected chi connectivity index (χ1v) is 10.3. The fourth-order valence-corrected chi connectivity index (χ4v) is 4.10. The van der Waals surface area contributed by atoms with Crippen molar-refractivity contribution in [2.75, 3.05) is 7.11 Å². The predicted octanol–water partition coefficient (Wildman–Crippen LogP) is 3.61. The lowest BCUT2D eigenvalue weighted by Crippen LogP contribution is -2.45. The normalized spacial score (nSPS) is 18.2. The van der Waals surface area contributed by atoms with E-state index in [1.54, 1.807) is 27.0 Å². The molecule has 1 aliphatic heterocycles. The zero-order valence-corrected chi connectivity index (χ0v) is 18.4. The Hall–Kier alpha value is -3.52. The molecule has 2 atom stereocenters. The molecule has 0 amide bonds. The summed E-state index contributed by atoms with van der Waals surface area (Å²) in [7, 11) is 1.32. The van der Waals surface area contributed by atoms with Gasteiger partial charge in [0, 0.05) is 11.6 Å². The van der Waals surface area contributed by atoms with E-state index in [4.69, 9.17) is 9.47 Å². The fourth-order valence-electron chi connectivity index (χ4n) is 4.10. The topological polar surface area (TPSA) is 110 Å². The molecular weight excluding hydrogens is 412 g/mol. The number of carbonyl (C=O) groups excluding carboxylic acids is 2. The first-order chi connectivity index (χ1) is 15.1. The molecule has 0 unspecified atom stereocenters. The maximum absolute atomic E-state index is 12.9. The molecule has 168 valence electrons. The summed E-state index contributed by atoms with van der Waals surface area (Å²) in [5.74, 6) is -0.962. The highest BCUT2D eigenvalue weighted by molar-refractivity contribution is 5.93. The molecule has 0 saturated heterocycles. The Balaban J connectivity index is 1.89. The summed E-state index contributed by atoms with van der Waals surface area (Å²) in [5, 5.41) is 24.2. The molecule has 1 aliphatic rings. The summed E-state index contributed by atoms with van der Waals surface area (Å²) in [5.41, 5.74) is 2.12. The van der Waals surface area contributed by atoms with Crippen molar-refractivity contribution < 1.29 is 29.3 Å². The largest absolute Gasteiger partial charge is 0.504 e. The number of hydrogen-bond acceptors (Lipinski definition) is 7. The maximum atomic E-state index is 12.9. The second-order valence-corrected chi connectivity index (χ2v) is 8.87. The second-order valence-electron chi connectivity index (χ2n) is 8.87. The molecule has 0 spiro atoms. The molecule has 3 N–H and O–H groups in total. The average Bonchev–Trinajstić information content (AvgIpc) is 3.12. The Morgan fingerprint density at radius 1 is 1.09 bits per heavy atom. The standard InChI is InChI=1S/C24H26N2O6/c1-24(2,3)32-23(30)26-12-16(14-7-5-6-8-18(14)26)21-15-11-20(28)19(27)10-13(15)9-17(25-21)22(29)31-4/h5-8,10-12,17,21,25,27-28H,9H2,1-4H3/t17-,21+/m0/s1. The Morgan fingerprint density at radius 2 is 1.78 bits per heavy atom. The Bertz CT molecular complexity index is 1210. The van der Waals surface area contributed by atoms with E-state index in [9.17, 15) is 19.8 Å². The van der Waals surface area contributed by atoms with Crippen molar-refractivity contribution in [2.24, 2.45) is 0 Å². The van der Waals surface area contributed by atoms with Crippen LogP contribution in [0.3, 0.4) is 0 Å². The summed E-state index contributed by atoms with van der Waals surface area (Å²) >= 11 is 0. The van der Waals surface area contributed by atoms with Crippen LogP contribution in [0.5, 0.6) is 11.5 Å². The van der Waals surface area contributed by atoms with Crippen LogP contribution < -0.4 is 5.32 Å². The zero-order chi connectivity index (χ0) is 23.2. The number of aromatic nitrogens is 1. The lowest BCUT2D eigenvalue weighted by atomic mass is 9.86. The third-order valence-corrected chi connectivity index (χ3v) is 5.47. The maximum Gasteiger partial charge on any atom is 0.419 e. The van der Waals surface area contributed by atoms with Crippen molar-refractivity contribution in [3.05, 3.63) is 59.3 Å². The lowest BCUT2D eigenvalue weighted by Gasteiger charge is -2.32. The second kappa shape index (κ2) is 7.87. The summed E-state index contributed by atoms with van der Waals surface area (Å²) < 4.78 is 11.9. The highest BCUT2D eigenvalue weighted by atomic mass is 16.6. The number of esters is 1. The van der Waals surface area contributed by atoms with Crippen LogP contribution >= 0.6 is 0 Å². The fraction of sp³-hybridized carbons (Fsp3) is 0.333. The summed E-state index contributed by atoms with van der Waals surface area (Å²) in [6.07, 6.45) is 1.45. The van der Waals surface area contributed by atoms with Gasteiger partial charge in [-0.3, -0.25) is 14.7 Å². The third-order valence-electron chi connectivity index (χ3n) is 5.47. The number of ether oxygens (including phenoxy) is 2. The van der Waals surface area contributed by atoms with Crippen molar-refractivity contribution in [3.8, 4) is 11.5 Å². The van der Waals surface area contributed by atoms with Gasteiger partial charge in [-0.25, -0.2) is 4.79 Å². The Labute approximate surface area is 185 Å². The Kier molecular flexibility index (Phi) is 5.34. The first kappa shape index (κ1) is 21.7. The van der Waals surface area contributed by atoms with E-state index in [-0.39, 0.29) is 17.9 Å². The SMILES string of the molecule is COC(=O)[C@@H]1Cc2cc(O)c(O)cc2[C@H](c2cn(C(=O)OC(C)(C)C)c3ccccc23)N1. The molecule has 2 aromatic carbocycles. The summed E-state index contributed by atoms with van der Waals surface area (Å²) in [4.78, 5) is 25.3. The number of para-hydroxylation sites is 1. The molecule has 0 radical (unpaired) electrons. The van der Waals surface area contributed by atoms with Gasteiger partial charge in [-0.05, 0) is 62.1 Å². The number of nitrogens with one attached hydrogen (secondary N) is 1. The van der Waals surface area contributed by atoms with E-state index in [1.807, 2.05) is 24.3 Å². The molecule has 0 bridgehead atoms. The van der Waals surface area contributed by atoms with Crippen molar-refractivity contribution in [2.45, 2.75) is 44.9 Å². The molecule has 4 rings (SSSR count). The molecule has 8 nitrogen and oxygen atoms in total. The van der Waals surface area contributed by atoms with Gasteiger partial charge < -0.3 is 19.7 Å². The van der Waals surface area contributed by atoms with Crippen LogP contribution in [0, 0.1) is 0 Å². The molecule has 1 aromatic heterocycles. The van der Waals surface area contributed by atoms with E-state index in [0.29, 0.717) is 16.6 Å². The number of benzene rings is 2. The van der Waals surface area contributed by atoms with Gasteiger partial charge in [-0.15, -0.1) is 0 Å². The number of hydrogen-bond donors (Lipinski definition) is 3. The smallest absolute Gasteiger partial charge is 0.419 e. The number of fused-ring (bicyclic) bond motifs is 2. The van der Waals surface area contributed by atoms with E-state index < -0.39 is 29.7 Å². The van der Waals surface area contributed by atoms with Gasteiger partial charge in [0.15, 0.2) is 11.5 Å². The van der Waals surface area contributed by atoms with Crippen LogP contribution in [0.4, 0.5) is 4.79 Å². The highest BCUT2D eigenvalue weighted by Gasteiger charge is 2.35. The van der Waals surface area contributed by atoms with Gasteiger partial charge in [0.1, 0.15) is 11.6 Å². The molecule has 8 heteroatoms. The van der Waals surface area contributed by atoms with Crippen LogP contribution in [0.25, 0.3) is 10.9 Å². The quantitative estimate of drug-likeness (QED) is 0.414. The van der Waals surface area contributed by atoms with E-state index in [2.05, 4.69) is 5.32 Å². The van der Waals surface area contributed by atoms with E-state index in [1.165, 1.54) is 23.8 Å². The van der Waals surface area contributed by atoms with Crippen LogP contribution in [0.2, 0.25) is 0 Å². The number of nitrogens with zero attached hydrogens (tertiary/aromatic N) is 1. The van der Waals surface area contributed by atoms with E-state index in [0.717, 1.165) is 10.9 Å². The van der Waals surface area contributed by atoms with Crippen molar-refractivity contribution in [1.29, 1.82) is 0 Å². The molecule has 0 fully saturated rings. The minimum absolute atomic E-state index is 0.260. The number of phenols is 2. The molecule has 0 saturated carbocycles. The van der Waals surface area contributed by atoms with Gasteiger partial charge in [0.05, 0.1) is 18.7 Å². The van der Waals surface area contributed by atoms with Crippen LogP contribution in [0.15, 0.2) is 42.6 Å². The van der Waals surface area contributed by atoms with Gasteiger partial charge in [-0.1, -0.05) is 18.2 Å². The molecule has 2 heterocycles. The monoisotopic (exact) mass is 438 g/mol. The van der Waals surface area contributed by atoms with Gasteiger partial charge in [-0.2, -0.15) is 0 Å². The number of phenolic OH excluding ortho intramolecular Hbond substituents is 2. The highest BCUT2D eigenvalue weighted by Crippen LogP contribution is 2.40. The van der Waals surface area contributed by atoms with Crippen molar-refractivity contribution in [3.63, 3.8) is 0 Å². The zero-order valence-electron chi connectivity index (χ0n) is 18.4. The average molecular weight is 438 g/mol. The molecule has 32 heavy (non-hydrogen) atoms. The van der Waals surface area contributed by atoms with Crippen LogP contribution in [0.1, 0.15) is 43.5 Å². The minimum atomic E-state index is -0.669. The molecular formula is C24H26N2O6. The third kappa shape index (κ3) is 3.89. The molecule has 3 aromatic rings. The number of aromatic hydroxyl groups is 2. The first-order valence-electron chi connectivity index (χ1n) is 10.3. The van der Waals surface area contributed by atoms with Crippen LogP contribution in [-0.4, -0.2) is 45.6 Å². The molecule has 0 aliphatic carbocycles. The number of methoxy groups -OCH3 is 1. The van der Waals surface area contributed by atoms with Crippen molar-refractivity contribution in [1.82, 2.24) is 9.88 Å². The minimum Gasteiger partial charge on any atom is -0.504 e. The van der Waals surface area contributed by atoms with Gasteiger partial charge >= 0.3 is 12.1 Å².